The summed E-state index contributed by atoms with van der Waals surface area (Å²) in [7, 11) is 1.89. The lowest BCUT2D eigenvalue weighted by Crippen LogP contribution is -2.45. The van der Waals surface area contributed by atoms with Crippen LogP contribution >= 0.6 is 0 Å². The van der Waals surface area contributed by atoms with Crippen molar-refractivity contribution >= 4 is 0 Å². The van der Waals surface area contributed by atoms with Crippen LogP contribution in [0.2, 0.25) is 0 Å². The average Bonchev–Trinajstić information content (AvgIpc) is 2.69. The predicted octanol–water partition coefficient (Wildman–Crippen LogP) is 0.234. The van der Waals surface area contributed by atoms with Gasteiger partial charge in [0.05, 0.1) is 13.2 Å². The van der Waals surface area contributed by atoms with Crippen LogP contribution in [-0.4, -0.2) is 35.9 Å². The van der Waals surface area contributed by atoms with E-state index in [1.54, 1.807) is 0 Å². The Morgan fingerprint density at radius 3 is 2.88 bits per heavy atom. The minimum Gasteiger partial charge on any atom is -0.379 e. The van der Waals surface area contributed by atoms with Gasteiger partial charge in [-0.3, -0.25) is 5.43 Å². The van der Waals surface area contributed by atoms with Gasteiger partial charge in [0.25, 0.3) is 0 Å². The number of nitrogens with zero attached hydrogens (tertiary/aromatic N) is 3. The molecule has 1 saturated heterocycles. The van der Waals surface area contributed by atoms with E-state index in [9.17, 15) is 0 Å². The van der Waals surface area contributed by atoms with Gasteiger partial charge in [-0.1, -0.05) is 0 Å². The van der Waals surface area contributed by atoms with Crippen LogP contribution in [0.4, 0.5) is 0 Å². The standard InChI is InChI=1S/C11H16N4O/c1-14-9-10(6-11(14)7-12)8-13-15-2-4-16-5-3-15/h6,9,13H,2-5,8H2,1H3. The van der Waals surface area contributed by atoms with E-state index < -0.39 is 0 Å². The molecular weight excluding hydrogens is 204 g/mol. The van der Waals surface area contributed by atoms with E-state index in [2.05, 4.69) is 16.5 Å². The molecule has 86 valence electrons. The van der Waals surface area contributed by atoms with Gasteiger partial charge < -0.3 is 9.30 Å². The molecule has 2 heterocycles. The zero-order valence-electron chi connectivity index (χ0n) is 9.44. The fraction of sp³-hybridized carbons (Fsp3) is 0.545. The maximum Gasteiger partial charge on any atom is 0.120 e. The maximum absolute atomic E-state index is 8.83. The van der Waals surface area contributed by atoms with Crippen LogP contribution in [0.1, 0.15) is 11.3 Å². The predicted molar refractivity (Wildman–Crippen MR) is 59.4 cm³/mol. The van der Waals surface area contributed by atoms with Crippen LogP contribution in [0, 0.1) is 11.3 Å². The largest absolute Gasteiger partial charge is 0.379 e. The van der Waals surface area contributed by atoms with E-state index in [-0.39, 0.29) is 0 Å². The van der Waals surface area contributed by atoms with Gasteiger partial charge >= 0.3 is 0 Å². The lowest BCUT2D eigenvalue weighted by atomic mass is 10.3. The van der Waals surface area contributed by atoms with E-state index >= 15 is 0 Å². The highest BCUT2D eigenvalue weighted by molar-refractivity contribution is 5.28. The zero-order valence-corrected chi connectivity index (χ0v) is 9.44. The summed E-state index contributed by atoms with van der Waals surface area (Å²) in [4.78, 5) is 0. The number of morpholine rings is 1. The van der Waals surface area contributed by atoms with E-state index in [0.29, 0.717) is 5.69 Å². The van der Waals surface area contributed by atoms with Crippen LogP contribution in [0.5, 0.6) is 0 Å². The fourth-order valence-corrected chi connectivity index (χ4v) is 1.77. The summed E-state index contributed by atoms with van der Waals surface area (Å²) >= 11 is 0. The van der Waals surface area contributed by atoms with Crippen molar-refractivity contribution < 1.29 is 4.74 Å². The summed E-state index contributed by atoms with van der Waals surface area (Å²) in [5.41, 5.74) is 5.16. The third-order valence-electron chi connectivity index (χ3n) is 2.69. The number of hydrogen-bond acceptors (Lipinski definition) is 4. The van der Waals surface area contributed by atoms with E-state index in [4.69, 9.17) is 10.00 Å². The molecule has 0 aliphatic carbocycles. The molecule has 2 rings (SSSR count). The molecule has 5 nitrogen and oxygen atoms in total. The van der Waals surface area contributed by atoms with Crippen molar-refractivity contribution in [2.75, 3.05) is 26.3 Å². The van der Waals surface area contributed by atoms with Crippen LogP contribution in [0.15, 0.2) is 12.3 Å². The molecule has 1 fully saturated rings. The topological polar surface area (TPSA) is 53.2 Å². The third kappa shape index (κ3) is 2.61. The summed E-state index contributed by atoms with van der Waals surface area (Å²) in [6.45, 7) is 4.15. The van der Waals surface area contributed by atoms with Crippen LogP contribution in [0.3, 0.4) is 0 Å². The van der Waals surface area contributed by atoms with Crippen molar-refractivity contribution in [2.45, 2.75) is 6.54 Å². The monoisotopic (exact) mass is 220 g/mol. The first-order chi connectivity index (χ1) is 7.79. The quantitative estimate of drug-likeness (QED) is 0.792. The third-order valence-corrected chi connectivity index (χ3v) is 2.69. The van der Waals surface area contributed by atoms with Crippen molar-refractivity contribution in [1.29, 1.82) is 5.26 Å². The number of rotatable bonds is 3. The molecule has 1 aliphatic rings. The summed E-state index contributed by atoms with van der Waals surface area (Å²) in [5, 5.41) is 11.0. The van der Waals surface area contributed by atoms with Crippen LogP contribution < -0.4 is 5.43 Å². The molecule has 0 unspecified atom stereocenters. The maximum atomic E-state index is 8.83. The molecule has 1 N–H and O–H groups in total. The molecule has 16 heavy (non-hydrogen) atoms. The first-order valence-electron chi connectivity index (χ1n) is 5.41. The van der Waals surface area contributed by atoms with Gasteiger partial charge in [-0.05, 0) is 11.6 Å². The van der Waals surface area contributed by atoms with Crippen molar-refractivity contribution in [3.63, 3.8) is 0 Å². The molecule has 0 bridgehead atoms. The first kappa shape index (κ1) is 11.1. The lowest BCUT2D eigenvalue weighted by molar-refractivity contribution is 0.0106. The average molecular weight is 220 g/mol. The van der Waals surface area contributed by atoms with Crippen LogP contribution in [-0.2, 0) is 18.3 Å². The Morgan fingerprint density at radius 2 is 2.25 bits per heavy atom. The zero-order chi connectivity index (χ0) is 11.4. The number of nitrogens with one attached hydrogen (secondary N) is 1. The SMILES string of the molecule is Cn1cc(CNN2CCOCC2)cc1C#N. The molecule has 0 amide bonds. The second-order valence-electron chi connectivity index (χ2n) is 3.89. The number of nitriles is 1. The van der Waals surface area contributed by atoms with Gasteiger partial charge in [0.1, 0.15) is 11.8 Å². The summed E-state index contributed by atoms with van der Waals surface area (Å²) in [6, 6.07) is 4.07. The van der Waals surface area contributed by atoms with Crippen molar-refractivity contribution in [3.05, 3.63) is 23.5 Å². The Kier molecular flexibility index (Phi) is 3.57. The lowest BCUT2D eigenvalue weighted by Gasteiger charge is -2.27. The molecule has 1 aromatic rings. The second-order valence-corrected chi connectivity index (χ2v) is 3.89. The highest BCUT2D eigenvalue weighted by atomic mass is 16.5. The summed E-state index contributed by atoms with van der Waals surface area (Å²) < 4.78 is 7.11. The van der Waals surface area contributed by atoms with Gasteiger partial charge in [0, 0.05) is 32.9 Å². The minimum absolute atomic E-state index is 0.693. The van der Waals surface area contributed by atoms with Gasteiger partial charge in [0.15, 0.2) is 0 Å². The number of ether oxygens (including phenoxy) is 1. The molecule has 0 spiro atoms. The Bertz CT molecular complexity index is 387. The van der Waals surface area contributed by atoms with Crippen LogP contribution in [0.25, 0.3) is 0 Å². The number of aryl methyl sites for hydroxylation is 1. The molecule has 0 saturated carbocycles. The molecular formula is C11H16N4O. The van der Waals surface area contributed by atoms with Gasteiger partial charge in [-0.2, -0.15) is 5.26 Å². The number of aromatic nitrogens is 1. The fourth-order valence-electron chi connectivity index (χ4n) is 1.77. The molecule has 1 aromatic heterocycles. The van der Waals surface area contributed by atoms with Gasteiger partial charge in [-0.25, -0.2) is 5.01 Å². The van der Waals surface area contributed by atoms with E-state index in [1.165, 1.54) is 0 Å². The number of hydrogen-bond donors (Lipinski definition) is 1. The van der Waals surface area contributed by atoms with E-state index in [0.717, 1.165) is 38.4 Å². The number of hydrazine groups is 1. The smallest absolute Gasteiger partial charge is 0.120 e. The normalized spacial score (nSPS) is 17.2. The van der Waals surface area contributed by atoms with Gasteiger partial charge in [0.2, 0.25) is 0 Å². The molecule has 5 heteroatoms. The Labute approximate surface area is 95.2 Å². The molecule has 0 radical (unpaired) electrons. The molecule has 0 atom stereocenters. The highest BCUT2D eigenvalue weighted by Gasteiger charge is 2.10. The van der Waals surface area contributed by atoms with Crippen molar-refractivity contribution in [3.8, 4) is 6.07 Å². The Balaban J connectivity index is 1.86. The summed E-state index contributed by atoms with van der Waals surface area (Å²) in [5.74, 6) is 0. The minimum atomic E-state index is 0.693. The molecule has 0 aromatic carbocycles. The highest BCUT2D eigenvalue weighted by Crippen LogP contribution is 2.06. The Hall–Kier alpha value is -1.35. The van der Waals surface area contributed by atoms with E-state index in [1.807, 2.05) is 23.9 Å². The van der Waals surface area contributed by atoms with Crippen molar-refractivity contribution in [2.24, 2.45) is 7.05 Å². The van der Waals surface area contributed by atoms with Crippen molar-refractivity contribution in [1.82, 2.24) is 15.0 Å². The first-order valence-corrected chi connectivity index (χ1v) is 5.41. The molecule has 1 aliphatic heterocycles. The van der Waals surface area contributed by atoms with Gasteiger partial charge in [-0.15, -0.1) is 0 Å². The Morgan fingerprint density at radius 1 is 1.50 bits per heavy atom. The summed E-state index contributed by atoms with van der Waals surface area (Å²) in [6.07, 6.45) is 1.98. The second kappa shape index (κ2) is 5.12.